The molecule has 0 amide bonds. The Kier molecular flexibility index (Phi) is 5.11. The minimum atomic E-state index is -3.67. The summed E-state index contributed by atoms with van der Waals surface area (Å²) in [5.41, 5.74) is -0.548. The lowest BCUT2D eigenvalue weighted by Gasteiger charge is -1.90. The Balaban J connectivity index is 0.000000437. The molecule has 17 heavy (non-hydrogen) atoms. The van der Waals surface area contributed by atoms with Crippen LogP contribution in [0.4, 0.5) is 11.4 Å². The van der Waals surface area contributed by atoms with Crippen molar-refractivity contribution in [1.29, 1.82) is 0 Å². The Morgan fingerprint density at radius 1 is 1.00 bits per heavy atom. The molecular formula is C6H8N4O6S. The number of hydrogen-bond donors (Lipinski definition) is 2. The number of non-ortho nitro benzene ring substituents is 2. The average molecular weight is 264 g/mol. The summed E-state index contributed by atoms with van der Waals surface area (Å²) in [6.07, 6.45) is 0. The highest BCUT2D eigenvalue weighted by molar-refractivity contribution is 7.86. The smallest absolute Gasteiger partial charge is 0.258 e. The van der Waals surface area contributed by atoms with E-state index in [4.69, 9.17) is 0 Å². The van der Waals surface area contributed by atoms with Crippen LogP contribution in [0.1, 0.15) is 0 Å². The van der Waals surface area contributed by atoms with Gasteiger partial charge in [0.2, 0.25) is 0 Å². The molecule has 4 N–H and O–H groups in total. The fraction of sp³-hybridized carbons (Fsp3) is 0. The number of hydrogen-bond acceptors (Lipinski definition) is 6. The van der Waals surface area contributed by atoms with Crippen molar-refractivity contribution in [3.63, 3.8) is 0 Å². The van der Waals surface area contributed by atoms with Crippen LogP contribution < -0.4 is 10.3 Å². The molecule has 0 aliphatic rings. The van der Waals surface area contributed by atoms with Crippen LogP contribution >= 0.6 is 0 Å². The summed E-state index contributed by atoms with van der Waals surface area (Å²) >= 11 is 0. The highest BCUT2D eigenvalue weighted by Gasteiger charge is 2.11. The molecule has 0 aliphatic carbocycles. The minimum absolute atomic E-state index is 0.274. The van der Waals surface area contributed by atoms with Crippen molar-refractivity contribution < 1.29 is 18.3 Å². The number of nitro benzene ring substituents is 2. The summed E-state index contributed by atoms with van der Waals surface area (Å²) in [6, 6.07) is 4.59. The van der Waals surface area contributed by atoms with E-state index in [1.165, 1.54) is 18.2 Å². The molecule has 0 fully saturated rings. The summed E-state index contributed by atoms with van der Waals surface area (Å²) in [5.74, 6) is 0. The number of nitrogens with zero attached hydrogens (tertiary/aromatic N) is 2. The molecule has 0 aromatic heterocycles. The highest BCUT2D eigenvalue weighted by atomic mass is 32.2. The monoisotopic (exact) mass is 264 g/mol. The van der Waals surface area contributed by atoms with Crippen molar-refractivity contribution >= 4 is 21.6 Å². The van der Waals surface area contributed by atoms with Gasteiger partial charge in [0.15, 0.2) is 0 Å². The van der Waals surface area contributed by atoms with Crippen molar-refractivity contribution in [1.82, 2.24) is 0 Å². The lowest BCUT2D eigenvalue weighted by atomic mass is 10.3. The van der Waals surface area contributed by atoms with Crippen molar-refractivity contribution in [2.45, 2.75) is 0 Å². The van der Waals surface area contributed by atoms with Crippen LogP contribution in [0, 0.1) is 20.2 Å². The van der Waals surface area contributed by atoms with Gasteiger partial charge in [-0.3, -0.25) is 20.2 Å². The van der Waals surface area contributed by atoms with E-state index in [2.05, 4.69) is 10.3 Å². The van der Waals surface area contributed by atoms with Gasteiger partial charge in [-0.1, -0.05) is 0 Å². The molecule has 0 radical (unpaired) electrons. The number of nitro groups is 2. The van der Waals surface area contributed by atoms with Gasteiger partial charge in [-0.25, -0.2) is 10.3 Å². The number of rotatable bonds is 2. The summed E-state index contributed by atoms with van der Waals surface area (Å²) in [4.78, 5) is 19.0. The molecule has 10 nitrogen and oxygen atoms in total. The average Bonchev–Trinajstić information content (AvgIpc) is 2.15. The molecule has 0 saturated heterocycles. The lowest BCUT2D eigenvalue weighted by Crippen LogP contribution is -2.21. The molecule has 94 valence electrons. The second-order valence-electron chi connectivity index (χ2n) is 2.62. The largest absolute Gasteiger partial charge is 0.276 e. The van der Waals surface area contributed by atoms with Crippen molar-refractivity contribution in [3.05, 3.63) is 44.5 Å². The quantitative estimate of drug-likeness (QED) is 0.545. The van der Waals surface area contributed by atoms with E-state index in [0.717, 1.165) is 6.07 Å². The van der Waals surface area contributed by atoms with Gasteiger partial charge < -0.3 is 0 Å². The maximum Gasteiger partial charge on any atom is 0.276 e. The van der Waals surface area contributed by atoms with Crippen LogP contribution in [-0.4, -0.2) is 18.3 Å². The molecule has 0 spiro atoms. The molecule has 0 heterocycles. The molecule has 1 rings (SSSR count). The summed E-state index contributed by atoms with van der Waals surface area (Å²) in [6.45, 7) is 0. The van der Waals surface area contributed by atoms with Crippen LogP contribution in [0.15, 0.2) is 24.3 Å². The van der Waals surface area contributed by atoms with Gasteiger partial charge in [0, 0.05) is 12.1 Å². The summed E-state index contributed by atoms with van der Waals surface area (Å²) < 4.78 is 18.4. The van der Waals surface area contributed by atoms with E-state index in [9.17, 15) is 28.6 Å². The van der Waals surface area contributed by atoms with Crippen LogP contribution in [0.2, 0.25) is 0 Å². The zero-order valence-corrected chi connectivity index (χ0v) is 9.03. The fourth-order valence-corrected chi connectivity index (χ4v) is 0.720. The third-order valence-electron chi connectivity index (χ3n) is 1.25. The van der Waals surface area contributed by atoms with E-state index < -0.39 is 20.1 Å². The van der Waals surface area contributed by atoms with Crippen LogP contribution in [-0.2, 0) is 10.2 Å². The van der Waals surface area contributed by atoms with Gasteiger partial charge in [0.25, 0.3) is 21.6 Å². The first-order chi connectivity index (χ1) is 7.61. The third kappa shape index (κ3) is 7.78. The maximum atomic E-state index is 10.2. The topological polar surface area (TPSA) is 172 Å². The Morgan fingerprint density at radius 3 is 1.53 bits per heavy atom. The van der Waals surface area contributed by atoms with E-state index in [-0.39, 0.29) is 11.4 Å². The first-order valence-corrected chi connectivity index (χ1v) is 5.41. The first-order valence-electron chi connectivity index (χ1n) is 3.80. The van der Waals surface area contributed by atoms with Crippen LogP contribution in [0.5, 0.6) is 0 Å². The van der Waals surface area contributed by atoms with Gasteiger partial charge in [-0.15, -0.1) is 0 Å². The van der Waals surface area contributed by atoms with Gasteiger partial charge in [-0.2, -0.15) is 8.42 Å². The molecule has 0 aliphatic heterocycles. The van der Waals surface area contributed by atoms with Gasteiger partial charge in [0.05, 0.1) is 15.9 Å². The molecule has 0 atom stereocenters. The second-order valence-corrected chi connectivity index (χ2v) is 3.80. The van der Waals surface area contributed by atoms with E-state index in [1.807, 2.05) is 0 Å². The van der Waals surface area contributed by atoms with Gasteiger partial charge in [-0.05, 0) is 6.07 Å². The predicted molar refractivity (Wildman–Crippen MR) is 57.0 cm³/mol. The van der Waals surface area contributed by atoms with Crippen LogP contribution in [0.25, 0.3) is 0 Å². The maximum absolute atomic E-state index is 10.2. The van der Waals surface area contributed by atoms with Crippen molar-refractivity contribution in [2.24, 2.45) is 10.3 Å². The summed E-state index contributed by atoms with van der Waals surface area (Å²) in [5, 5.41) is 28.5. The van der Waals surface area contributed by atoms with E-state index >= 15 is 0 Å². The van der Waals surface area contributed by atoms with Crippen molar-refractivity contribution in [3.8, 4) is 0 Å². The third-order valence-corrected chi connectivity index (χ3v) is 1.25. The highest BCUT2D eigenvalue weighted by Crippen LogP contribution is 2.18. The Hall–Kier alpha value is -2.11. The zero-order valence-electron chi connectivity index (χ0n) is 8.22. The summed E-state index contributed by atoms with van der Waals surface area (Å²) in [7, 11) is -3.67. The van der Waals surface area contributed by atoms with Gasteiger partial charge in [0.1, 0.15) is 0 Å². The van der Waals surface area contributed by atoms with E-state index in [1.54, 1.807) is 0 Å². The molecule has 0 unspecified atom stereocenters. The molecule has 0 bridgehead atoms. The lowest BCUT2D eigenvalue weighted by molar-refractivity contribution is -0.394. The van der Waals surface area contributed by atoms with E-state index in [0.29, 0.717) is 0 Å². The SMILES string of the molecule is NS(N)(=O)=O.O=[N+]([O-])c1cccc([N+](=O)[O-])c1. The number of nitrogens with two attached hydrogens (primary N) is 2. The normalized spacial score (nSPS) is 10.0. The van der Waals surface area contributed by atoms with Crippen molar-refractivity contribution in [2.75, 3.05) is 0 Å². The molecule has 0 saturated carbocycles. The molecule has 11 heteroatoms. The Bertz CT molecular complexity index is 490. The standard InChI is InChI=1S/C6H4N2O4.H4N2O2S/c9-7(10)5-2-1-3-6(4-5)8(11)12;1-5(2,3)4/h1-4H;(H4,1,2,3,4). The molecule has 1 aromatic carbocycles. The Labute approximate surface area is 95.3 Å². The second kappa shape index (κ2) is 5.83. The predicted octanol–water partition coefficient (Wildman–Crippen LogP) is -0.348. The number of benzene rings is 1. The fourth-order valence-electron chi connectivity index (χ4n) is 0.720. The Morgan fingerprint density at radius 2 is 1.29 bits per heavy atom. The molecule has 1 aromatic rings. The first kappa shape index (κ1) is 14.9. The minimum Gasteiger partial charge on any atom is -0.258 e. The molecular weight excluding hydrogens is 256 g/mol. The van der Waals surface area contributed by atoms with Gasteiger partial charge >= 0.3 is 0 Å². The zero-order chi connectivity index (χ0) is 13.6. The van der Waals surface area contributed by atoms with Crippen LogP contribution in [0.3, 0.4) is 0 Å².